The van der Waals surface area contributed by atoms with Crippen molar-refractivity contribution in [2.75, 3.05) is 19.5 Å². The highest BCUT2D eigenvalue weighted by atomic mass is 16.5. The Hall–Kier alpha value is -2.49. The van der Waals surface area contributed by atoms with Crippen molar-refractivity contribution in [3.05, 3.63) is 53.6 Å². The van der Waals surface area contributed by atoms with E-state index >= 15 is 0 Å². The van der Waals surface area contributed by atoms with Crippen LogP contribution in [0.5, 0.6) is 11.5 Å². The number of carbonyl (C=O) groups excluding carboxylic acids is 1. The second kappa shape index (κ2) is 6.79. The van der Waals surface area contributed by atoms with Gasteiger partial charge in [-0.05, 0) is 30.2 Å². The molecule has 2 rings (SSSR count). The van der Waals surface area contributed by atoms with E-state index in [4.69, 9.17) is 9.47 Å². The molecule has 2 aromatic rings. The van der Waals surface area contributed by atoms with E-state index < -0.39 is 0 Å². The molecule has 0 saturated carbocycles. The Morgan fingerprint density at radius 3 is 2.52 bits per heavy atom. The first-order chi connectivity index (χ1) is 10.2. The van der Waals surface area contributed by atoms with Crippen LogP contribution in [0.4, 0.5) is 5.69 Å². The number of ether oxygens (including phenoxy) is 2. The lowest BCUT2D eigenvalue weighted by atomic mass is 10.1. The van der Waals surface area contributed by atoms with Gasteiger partial charge in [0.05, 0.1) is 19.8 Å². The van der Waals surface area contributed by atoms with Crippen LogP contribution in [0.3, 0.4) is 0 Å². The minimum Gasteiger partial charge on any atom is -0.497 e. The van der Waals surface area contributed by atoms with E-state index in [0.29, 0.717) is 17.1 Å². The summed E-state index contributed by atoms with van der Waals surface area (Å²) in [5.74, 6) is 0.939. The molecular formula is C17H19NO3. The van der Waals surface area contributed by atoms with Crippen LogP contribution in [0, 0.1) is 0 Å². The summed E-state index contributed by atoms with van der Waals surface area (Å²) in [4.78, 5) is 12.4. The van der Waals surface area contributed by atoms with Gasteiger partial charge in [0.2, 0.25) is 0 Å². The Kier molecular flexibility index (Phi) is 4.82. The zero-order chi connectivity index (χ0) is 15.2. The van der Waals surface area contributed by atoms with Gasteiger partial charge in [-0.15, -0.1) is 0 Å². The molecule has 0 bridgehead atoms. The quantitative estimate of drug-likeness (QED) is 0.914. The van der Waals surface area contributed by atoms with Crippen LogP contribution < -0.4 is 14.8 Å². The molecule has 0 spiro atoms. The van der Waals surface area contributed by atoms with E-state index in [-0.39, 0.29) is 5.91 Å². The average molecular weight is 285 g/mol. The summed E-state index contributed by atoms with van der Waals surface area (Å²) >= 11 is 0. The molecule has 0 unspecified atom stereocenters. The number of carbonyl (C=O) groups is 1. The second-order valence-electron chi connectivity index (χ2n) is 4.53. The van der Waals surface area contributed by atoms with Crippen molar-refractivity contribution >= 4 is 11.6 Å². The standard InChI is InChI=1S/C17H19NO3/c1-4-12-7-5-6-8-15(12)18-17(19)14-10-9-13(20-2)11-16(14)21-3/h5-11H,4H2,1-3H3,(H,18,19). The Morgan fingerprint density at radius 1 is 1.10 bits per heavy atom. The molecule has 0 aliphatic heterocycles. The third kappa shape index (κ3) is 3.34. The van der Waals surface area contributed by atoms with Crippen molar-refractivity contribution in [1.29, 1.82) is 0 Å². The Balaban J connectivity index is 2.28. The monoisotopic (exact) mass is 285 g/mol. The molecule has 0 aliphatic carbocycles. The normalized spacial score (nSPS) is 10.0. The molecule has 4 heteroatoms. The molecule has 1 N–H and O–H groups in total. The third-order valence-corrected chi connectivity index (χ3v) is 3.30. The summed E-state index contributed by atoms with van der Waals surface area (Å²) in [6.07, 6.45) is 0.857. The van der Waals surface area contributed by atoms with Gasteiger partial charge < -0.3 is 14.8 Å². The Labute approximate surface area is 124 Å². The highest BCUT2D eigenvalue weighted by Gasteiger charge is 2.14. The molecule has 0 radical (unpaired) electrons. The fourth-order valence-electron chi connectivity index (χ4n) is 2.13. The van der Waals surface area contributed by atoms with Crippen LogP contribution in [-0.4, -0.2) is 20.1 Å². The van der Waals surface area contributed by atoms with Gasteiger partial charge in [-0.2, -0.15) is 0 Å². The van der Waals surface area contributed by atoms with Gasteiger partial charge in [0.15, 0.2) is 0 Å². The first-order valence-electron chi connectivity index (χ1n) is 6.80. The van der Waals surface area contributed by atoms with Crippen molar-refractivity contribution in [2.45, 2.75) is 13.3 Å². The first-order valence-corrected chi connectivity index (χ1v) is 6.80. The van der Waals surface area contributed by atoms with E-state index in [0.717, 1.165) is 17.7 Å². The Bertz CT molecular complexity index is 638. The van der Waals surface area contributed by atoms with E-state index in [9.17, 15) is 4.79 Å². The fraction of sp³-hybridized carbons (Fsp3) is 0.235. The summed E-state index contributed by atoms with van der Waals surface area (Å²) in [5.41, 5.74) is 2.39. The van der Waals surface area contributed by atoms with Gasteiger partial charge in [-0.25, -0.2) is 0 Å². The van der Waals surface area contributed by atoms with Gasteiger partial charge in [0, 0.05) is 11.8 Å². The lowest BCUT2D eigenvalue weighted by Gasteiger charge is -2.12. The van der Waals surface area contributed by atoms with Crippen molar-refractivity contribution in [3.63, 3.8) is 0 Å². The maximum Gasteiger partial charge on any atom is 0.259 e. The van der Waals surface area contributed by atoms with Gasteiger partial charge in [0.1, 0.15) is 11.5 Å². The summed E-state index contributed by atoms with van der Waals surface area (Å²) in [7, 11) is 3.11. The topological polar surface area (TPSA) is 47.6 Å². The predicted molar refractivity (Wildman–Crippen MR) is 83.3 cm³/mol. The van der Waals surface area contributed by atoms with Gasteiger partial charge >= 0.3 is 0 Å². The molecule has 0 aromatic heterocycles. The molecule has 2 aromatic carbocycles. The molecule has 4 nitrogen and oxygen atoms in total. The van der Waals surface area contributed by atoms with Gasteiger partial charge in [-0.3, -0.25) is 4.79 Å². The van der Waals surface area contributed by atoms with Crippen LogP contribution in [0.25, 0.3) is 0 Å². The van der Waals surface area contributed by atoms with E-state index in [1.54, 1.807) is 25.3 Å². The minimum atomic E-state index is -0.199. The number of benzene rings is 2. The van der Waals surface area contributed by atoms with E-state index in [1.807, 2.05) is 24.3 Å². The molecule has 0 heterocycles. The largest absolute Gasteiger partial charge is 0.497 e. The van der Waals surface area contributed by atoms with Crippen molar-refractivity contribution in [3.8, 4) is 11.5 Å². The van der Waals surface area contributed by atoms with Gasteiger partial charge in [0.25, 0.3) is 5.91 Å². The van der Waals surface area contributed by atoms with Crippen molar-refractivity contribution < 1.29 is 14.3 Å². The number of aryl methyl sites for hydroxylation is 1. The van der Waals surface area contributed by atoms with E-state index in [1.165, 1.54) is 7.11 Å². The van der Waals surface area contributed by atoms with Crippen LogP contribution >= 0.6 is 0 Å². The average Bonchev–Trinajstić information content (AvgIpc) is 2.54. The SMILES string of the molecule is CCc1ccccc1NC(=O)c1ccc(OC)cc1OC. The Morgan fingerprint density at radius 2 is 1.86 bits per heavy atom. The molecule has 110 valence electrons. The lowest BCUT2D eigenvalue weighted by Crippen LogP contribution is -2.14. The molecule has 21 heavy (non-hydrogen) atoms. The van der Waals surface area contributed by atoms with Crippen LogP contribution in [-0.2, 0) is 6.42 Å². The number of amides is 1. The molecule has 0 aliphatic rings. The molecule has 0 atom stereocenters. The zero-order valence-electron chi connectivity index (χ0n) is 12.5. The summed E-state index contributed by atoms with van der Waals surface area (Å²) < 4.78 is 10.4. The number of para-hydroxylation sites is 1. The fourth-order valence-corrected chi connectivity index (χ4v) is 2.13. The maximum atomic E-state index is 12.4. The molecule has 0 fully saturated rings. The highest BCUT2D eigenvalue weighted by Crippen LogP contribution is 2.26. The molecular weight excluding hydrogens is 266 g/mol. The van der Waals surface area contributed by atoms with Crippen molar-refractivity contribution in [1.82, 2.24) is 0 Å². The third-order valence-electron chi connectivity index (χ3n) is 3.30. The number of hydrogen-bond donors (Lipinski definition) is 1. The second-order valence-corrected chi connectivity index (χ2v) is 4.53. The predicted octanol–water partition coefficient (Wildman–Crippen LogP) is 3.52. The highest BCUT2D eigenvalue weighted by molar-refractivity contribution is 6.06. The number of methoxy groups -OCH3 is 2. The van der Waals surface area contributed by atoms with Crippen LogP contribution in [0.15, 0.2) is 42.5 Å². The summed E-state index contributed by atoms with van der Waals surface area (Å²) in [5, 5.41) is 2.93. The van der Waals surface area contributed by atoms with E-state index in [2.05, 4.69) is 12.2 Å². The first kappa shape index (κ1) is 14.9. The minimum absolute atomic E-state index is 0.199. The molecule has 0 saturated heterocycles. The molecule has 1 amide bonds. The lowest BCUT2D eigenvalue weighted by molar-refractivity contribution is 0.102. The maximum absolute atomic E-state index is 12.4. The number of rotatable bonds is 5. The smallest absolute Gasteiger partial charge is 0.259 e. The number of hydrogen-bond acceptors (Lipinski definition) is 3. The van der Waals surface area contributed by atoms with Crippen molar-refractivity contribution in [2.24, 2.45) is 0 Å². The van der Waals surface area contributed by atoms with Crippen LogP contribution in [0.1, 0.15) is 22.8 Å². The van der Waals surface area contributed by atoms with Crippen LogP contribution in [0.2, 0.25) is 0 Å². The number of anilines is 1. The summed E-state index contributed by atoms with van der Waals surface area (Å²) in [6.45, 7) is 2.05. The zero-order valence-corrected chi connectivity index (χ0v) is 12.5. The van der Waals surface area contributed by atoms with Gasteiger partial charge in [-0.1, -0.05) is 25.1 Å². The summed E-state index contributed by atoms with van der Waals surface area (Å²) in [6, 6.07) is 12.9. The number of nitrogens with one attached hydrogen (secondary N) is 1.